The highest BCUT2D eigenvalue weighted by molar-refractivity contribution is 7.12. The number of aromatic nitrogens is 2. The zero-order valence-corrected chi connectivity index (χ0v) is 12.4. The zero-order chi connectivity index (χ0) is 14.5. The molecular weight excluding hydrogens is 274 g/mol. The maximum atomic E-state index is 12.1. The number of amides is 1. The molecule has 0 aliphatic heterocycles. The van der Waals surface area contributed by atoms with E-state index in [0.29, 0.717) is 24.6 Å². The molecule has 0 aromatic carbocycles. The lowest BCUT2D eigenvalue weighted by Crippen LogP contribution is -2.32. The van der Waals surface area contributed by atoms with Crippen LogP contribution in [0.15, 0.2) is 34.7 Å². The Kier molecular flexibility index (Phi) is 4.68. The molecule has 6 heteroatoms. The number of pyridine rings is 1. The van der Waals surface area contributed by atoms with Crippen molar-refractivity contribution in [3.05, 3.63) is 45.8 Å². The second-order valence-electron chi connectivity index (χ2n) is 4.30. The Bertz CT molecular complexity index is 630. The van der Waals surface area contributed by atoms with Crippen LogP contribution in [-0.4, -0.2) is 33.4 Å². The van der Waals surface area contributed by atoms with E-state index in [0.717, 1.165) is 5.56 Å². The van der Waals surface area contributed by atoms with Crippen LogP contribution in [0.5, 0.6) is 0 Å². The molecule has 1 amide bonds. The molecule has 0 aliphatic rings. The molecule has 2 aromatic heterocycles. The minimum Gasteiger partial charge on any atom is -0.343 e. The van der Waals surface area contributed by atoms with Crippen LogP contribution >= 0.6 is 11.3 Å². The molecule has 0 unspecified atom stereocenters. The molecule has 0 spiro atoms. The smallest absolute Gasteiger partial charge is 0.256 e. The maximum Gasteiger partial charge on any atom is 0.256 e. The van der Waals surface area contributed by atoms with Crippen molar-refractivity contribution in [2.45, 2.75) is 20.3 Å². The lowest BCUT2D eigenvalue weighted by atomic mass is 10.2. The van der Waals surface area contributed by atoms with E-state index in [-0.39, 0.29) is 11.5 Å². The first-order chi connectivity index (χ1) is 9.65. The SMILES string of the molecule is CCN(CC)C(=O)Cc1ccc(=O)n(-c2nccs2)c1. The number of likely N-dealkylation sites (N-methyl/N-ethyl adjacent to an activating group) is 1. The first-order valence-corrected chi connectivity index (χ1v) is 7.43. The highest BCUT2D eigenvalue weighted by Gasteiger charge is 2.11. The van der Waals surface area contributed by atoms with Crippen LogP contribution in [0.2, 0.25) is 0 Å². The van der Waals surface area contributed by atoms with Gasteiger partial charge < -0.3 is 4.90 Å². The van der Waals surface area contributed by atoms with Crippen molar-refractivity contribution >= 4 is 17.2 Å². The fourth-order valence-electron chi connectivity index (χ4n) is 1.98. The molecule has 106 valence electrons. The molecule has 2 rings (SSSR count). The number of thiazole rings is 1. The third-order valence-corrected chi connectivity index (χ3v) is 3.84. The van der Waals surface area contributed by atoms with Crippen LogP contribution in [0.1, 0.15) is 19.4 Å². The normalized spacial score (nSPS) is 10.5. The predicted octanol–water partition coefficient (Wildman–Crippen LogP) is 1.70. The van der Waals surface area contributed by atoms with Gasteiger partial charge >= 0.3 is 0 Å². The fraction of sp³-hybridized carbons (Fsp3) is 0.357. The molecule has 0 radical (unpaired) electrons. The van der Waals surface area contributed by atoms with Crippen LogP contribution in [-0.2, 0) is 11.2 Å². The summed E-state index contributed by atoms with van der Waals surface area (Å²) in [5.74, 6) is 0.0688. The molecule has 0 saturated carbocycles. The van der Waals surface area contributed by atoms with E-state index in [1.54, 1.807) is 23.4 Å². The average Bonchev–Trinajstić information content (AvgIpc) is 2.96. The molecule has 2 heterocycles. The van der Waals surface area contributed by atoms with Crippen LogP contribution in [0.25, 0.3) is 5.13 Å². The molecule has 0 saturated heterocycles. The van der Waals surface area contributed by atoms with Crippen LogP contribution in [0, 0.1) is 0 Å². The molecule has 0 atom stereocenters. The number of rotatable bonds is 5. The average molecular weight is 291 g/mol. The minimum atomic E-state index is -0.140. The van der Waals surface area contributed by atoms with Gasteiger partial charge in [0, 0.05) is 36.9 Å². The summed E-state index contributed by atoms with van der Waals surface area (Å²) in [5, 5.41) is 2.43. The second-order valence-corrected chi connectivity index (χ2v) is 5.18. The molecule has 2 aromatic rings. The standard InChI is InChI=1S/C14H17N3O2S/c1-3-16(4-2)13(19)9-11-5-6-12(18)17(10-11)14-15-7-8-20-14/h5-8,10H,3-4,9H2,1-2H3. The molecular formula is C14H17N3O2S. The Labute approximate surface area is 121 Å². The Hall–Kier alpha value is -1.95. The van der Waals surface area contributed by atoms with Gasteiger partial charge in [0.2, 0.25) is 5.91 Å². The summed E-state index contributed by atoms with van der Waals surface area (Å²) in [7, 11) is 0. The molecule has 0 fully saturated rings. The fourth-order valence-corrected chi connectivity index (χ4v) is 2.60. The highest BCUT2D eigenvalue weighted by Crippen LogP contribution is 2.10. The summed E-state index contributed by atoms with van der Waals surface area (Å²) in [6.07, 6.45) is 3.65. The largest absolute Gasteiger partial charge is 0.343 e. The van der Waals surface area contributed by atoms with Crippen molar-refractivity contribution in [3.8, 4) is 5.13 Å². The topological polar surface area (TPSA) is 55.2 Å². The molecule has 0 N–H and O–H groups in total. The van der Waals surface area contributed by atoms with Gasteiger partial charge in [0.25, 0.3) is 5.56 Å². The lowest BCUT2D eigenvalue weighted by Gasteiger charge is -2.18. The summed E-state index contributed by atoms with van der Waals surface area (Å²) in [5.41, 5.74) is 0.677. The molecule has 20 heavy (non-hydrogen) atoms. The number of carbonyl (C=O) groups excluding carboxylic acids is 1. The van der Waals surface area contributed by atoms with Crippen molar-refractivity contribution in [1.82, 2.24) is 14.5 Å². The van der Waals surface area contributed by atoms with Crippen LogP contribution in [0.3, 0.4) is 0 Å². The Morgan fingerprint density at radius 3 is 2.70 bits per heavy atom. The maximum absolute atomic E-state index is 12.1. The molecule has 0 aliphatic carbocycles. The van der Waals surface area contributed by atoms with Gasteiger partial charge in [0.05, 0.1) is 6.42 Å². The molecule has 5 nitrogen and oxygen atoms in total. The summed E-state index contributed by atoms with van der Waals surface area (Å²) < 4.78 is 1.48. The van der Waals surface area contributed by atoms with Crippen molar-refractivity contribution in [2.75, 3.05) is 13.1 Å². The van der Waals surface area contributed by atoms with Gasteiger partial charge in [-0.25, -0.2) is 4.98 Å². The Morgan fingerprint density at radius 2 is 2.10 bits per heavy atom. The van der Waals surface area contributed by atoms with Gasteiger partial charge in [0.15, 0.2) is 5.13 Å². The van der Waals surface area contributed by atoms with Crippen molar-refractivity contribution < 1.29 is 4.79 Å². The van der Waals surface area contributed by atoms with E-state index in [1.165, 1.54) is 22.0 Å². The van der Waals surface area contributed by atoms with E-state index in [9.17, 15) is 9.59 Å². The van der Waals surface area contributed by atoms with Crippen LogP contribution < -0.4 is 5.56 Å². The number of nitrogens with zero attached hydrogens (tertiary/aromatic N) is 3. The summed E-state index contributed by atoms with van der Waals surface area (Å²) in [4.78, 5) is 29.8. The monoisotopic (exact) mass is 291 g/mol. The van der Waals surface area contributed by atoms with Crippen molar-refractivity contribution in [3.63, 3.8) is 0 Å². The van der Waals surface area contributed by atoms with Gasteiger partial charge in [-0.15, -0.1) is 11.3 Å². The van der Waals surface area contributed by atoms with Gasteiger partial charge in [-0.3, -0.25) is 14.2 Å². The van der Waals surface area contributed by atoms with E-state index in [2.05, 4.69) is 4.98 Å². The van der Waals surface area contributed by atoms with E-state index >= 15 is 0 Å². The van der Waals surface area contributed by atoms with Gasteiger partial charge in [0.1, 0.15) is 0 Å². The van der Waals surface area contributed by atoms with Gasteiger partial charge in [-0.1, -0.05) is 6.07 Å². The summed E-state index contributed by atoms with van der Waals surface area (Å²) in [6.45, 7) is 5.30. The van der Waals surface area contributed by atoms with E-state index in [4.69, 9.17) is 0 Å². The number of hydrogen-bond donors (Lipinski definition) is 0. The highest BCUT2D eigenvalue weighted by atomic mass is 32.1. The quantitative estimate of drug-likeness (QED) is 0.842. The summed E-state index contributed by atoms with van der Waals surface area (Å²) >= 11 is 1.39. The van der Waals surface area contributed by atoms with Gasteiger partial charge in [-0.2, -0.15) is 0 Å². The number of carbonyl (C=O) groups is 1. The summed E-state index contributed by atoms with van der Waals surface area (Å²) in [6, 6.07) is 3.18. The first kappa shape index (κ1) is 14.5. The second kappa shape index (κ2) is 6.47. The Balaban J connectivity index is 2.24. The Morgan fingerprint density at radius 1 is 1.35 bits per heavy atom. The minimum absolute atomic E-state index is 0.0688. The van der Waals surface area contributed by atoms with Crippen LogP contribution in [0.4, 0.5) is 0 Å². The zero-order valence-electron chi connectivity index (χ0n) is 11.6. The third-order valence-electron chi connectivity index (χ3n) is 3.07. The third kappa shape index (κ3) is 3.14. The van der Waals surface area contributed by atoms with E-state index < -0.39 is 0 Å². The molecule has 0 bridgehead atoms. The first-order valence-electron chi connectivity index (χ1n) is 6.55. The van der Waals surface area contributed by atoms with Crippen molar-refractivity contribution in [1.29, 1.82) is 0 Å². The van der Waals surface area contributed by atoms with Crippen molar-refractivity contribution in [2.24, 2.45) is 0 Å². The van der Waals surface area contributed by atoms with Gasteiger partial charge in [-0.05, 0) is 19.4 Å². The lowest BCUT2D eigenvalue weighted by molar-refractivity contribution is -0.130. The predicted molar refractivity (Wildman–Crippen MR) is 79.3 cm³/mol. The van der Waals surface area contributed by atoms with E-state index in [1.807, 2.05) is 19.2 Å². The number of hydrogen-bond acceptors (Lipinski definition) is 4.